The summed E-state index contributed by atoms with van der Waals surface area (Å²) in [6, 6.07) is 9.99. The van der Waals surface area contributed by atoms with Crippen LogP contribution < -0.4 is 10.1 Å². The molecule has 1 heterocycles. The minimum absolute atomic E-state index is 0.363. The van der Waals surface area contributed by atoms with Crippen molar-refractivity contribution >= 4 is 44.6 Å². The lowest BCUT2D eigenvalue weighted by molar-refractivity contribution is 0.103. The monoisotopic (exact) mass is 349 g/mol. The number of aryl methyl sites for hydroxylation is 1. The number of hydrogen-bond acceptors (Lipinski definition) is 3. The first kappa shape index (κ1) is 15.8. The van der Waals surface area contributed by atoms with Gasteiger partial charge in [0.2, 0.25) is 0 Å². The van der Waals surface area contributed by atoms with Gasteiger partial charge in [-0.1, -0.05) is 17.7 Å². The summed E-state index contributed by atoms with van der Waals surface area (Å²) in [5.41, 5.74) is 0.916. The number of carbonyl (C=O) groups is 1. The highest BCUT2D eigenvalue weighted by atomic mass is 35.5. The summed E-state index contributed by atoms with van der Waals surface area (Å²) in [7, 11) is 1.58. The van der Waals surface area contributed by atoms with Crippen LogP contribution in [-0.2, 0) is 0 Å². The molecule has 1 amide bonds. The molecule has 23 heavy (non-hydrogen) atoms. The topological polar surface area (TPSA) is 38.3 Å². The first-order valence-electron chi connectivity index (χ1n) is 6.83. The van der Waals surface area contributed by atoms with E-state index in [9.17, 15) is 9.18 Å². The SMILES string of the molecule is COc1ccc2c(Cl)c(C(=O)Nc3ccc(C)c(F)c3)sc2c1. The molecule has 6 heteroatoms. The van der Waals surface area contributed by atoms with Crippen molar-refractivity contribution in [3.8, 4) is 5.75 Å². The highest BCUT2D eigenvalue weighted by molar-refractivity contribution is 7.21. The summed E-state index contributed by atoms with van der Waals surface area (Å²) >= 11 is 7.58. The second kappa shape index (κ2) is 6.18. The third-order valence-corrected chi connectivity index (χ3v) is 5.13. The lowest BCUT2D eigenvalue weighted by atomic mass is 10.2. The number of nitrogens with one attached hydrogen (secondary N) is 1. The molecular weight excluding hydrogens is 337 g/mol. The van der Waals surface area contributed by atoms with E-state index < -0.39 is 0 Å². The van der Waals surface area contributed by atoms with Crippen LogP contribution in [0.4, 0.5) is 10.1 Å². The molecule has 0 saturated carbocycles. The number of fused-ring (bicyclic) bond motifs is 1. The number of thiophene rings is 1. The van der Waals surface area contributed by atoms with Crippen LogP contribution in [0.5, 0.6) is 5.75 Å². The molecule has 3 aromatic rings. The molecule has 0 radical (unpaired) electrons. The summed E-state index contributed by atoms with van der Waals surface area (Å²) in [6.07, 6.45) is 0. The highest BCUT2D eigenvalue weighted by Gasteiger charge is 2.18. The van der Waals surface area contributed by atoms with Gasteiger partial charge in [-0.2, -0.15) is 0 Å². The fourth-order valence-corrected chi connectivity index (χ4v) is 3.62. The van der Waals surface area contributed by atoms with Crippen LogP contribution in [0.2, 0.25) is 5.02 Å². The van der Waals surface area contributed by atoms with Gasteiger partial charge in [-0.15, -0.1) is 11.3 Å². The maximum absolute atomic E-state index is 13.6. The summed E-state index contributed by atoms with van der Waals surface area (Å²) in [5, 5.41) is 3.85. The Hall–Kier alpha value is -2.11. The first-order valence-corrected chi connectivity index (χ1v) is 8.02. The fraction of sp³-hybridized carbons (Fsp3) is 0.118. The van der Waals surface area contributed by atoms with Crippen molar-refractivity contribution in [1.29, 1.82) is 0 Å². The normalized spacial score (nSPS) is 10.8. The van der Waals surface area contributed by atoms with E-state index in [2.05, 4.69) is 5.32 Å². The number of halogens is 2. The van der Waals surface area contributed by atoms with Gasteiger partial charge in [-0.05, 0) is 42.8 Å². The lowest BCUT2D eigenvalue weighted by Gasteiger charge is -2.05. The Bertz CT molecular complexity index is 907. The van der Waals surface area contributed by atoms with Crippen LogP contribution in [0, 0.1) is 12.7 Å². The quantitative estimate of drug-likeness (QED) is 0.700. The average molecular weight is 350 g/mol. The van der Waals surface area contributed by atoms with Crippen LogP contribution in [0.1, 0.15) is 15.2 Å². The molecule has 0 aliphatic heterocycles. The van der Waals surface area contributed by atoms with E-state index in [0.29, 0.717) is 26.9 Å². The van der Waals surface area contributed by atoms with Crippen molar-refractivity contribution in [3.63, 3.8) is 0 Å². The van der Waals surface area contributed by atoms with E-state index in [1.165, 1.54) is 17.4 Å². The predicted octanol–water partition coefficient (Wildman–Crippen LogP) is 5.26. The standard InChI is InChI=1S/C17H13ClFNO2S/c1-9-3-4-10(7-13(9)19)20-17(21)16-15(18)12-6-5-11(22-2)8-14(12)23-16/h3-8H,1-2H3,(H,20,21). The highest BCUT2D eigenvalue weighted by Crippen LogP contribution is 2.37. The van der Waals surface area contributed by atoms with Crippen molar-refractivity contribution in [2.45, 2.75) is 6.92 Å². The minimum atomic E-state index is -0.366. The molecule has 0 unspecified atom stereocenters. The predicted molar refractivity (Wildman–Crippen MR) is 92.5 cm³/mol. The molecule has 1 N–H and O–H groups in total. The van der Waals surface area contributed by atoms with E-state index in [0.717, 1.165) is 10.1 Å². The number of ether oxygens (including phenoxy) is 1. The van der Waals surface area contributed by atoms with Crippen molar-refractivity contribution in [2.24, 2.45) is 0 Å². The van der Waals surface area contributed by atoms with E-state index in [1.807, 2.05) is 12.1 Å². The van der Waals surface area contributed by atoms with Crippen molar-refractivity contribution in [1.82, 2.24) is 0 Å². The zero-order valence-corrected chi connectivity index (χ0v) is 14.0. The first-order chi connectivity index (χ1) is 11.0. The molecule has 3 rings (SSSR count). The van der Waals surface area contributed by atoms with E-state index >= 15 is 0 Å². The van der Waals surface area contributed by atoms with E-state index in [1.54, 1.807) is 32.2 Å². The Kier molecular flexibility index (Phi) is 4.24. The van der Waals surface area contributed by atoms with Crippen LogP contribution in [0.25, 0.3) is 10.1 Å². The zero-order valence-electron chi connectivity index (χ0n) is 12.4. The number of anilines is 1. The van der Waals surface area contributed by atoms with Crippen molar-refractivity contribution < 1.29 is 13.9 Å². The van der Waals surface area contributed by atoms with Crippen LogP contribution >= 0.6 is 22.9 Å². The van der Waals surface area contributed by atoms with E-state index in [-0.39, 0.29) is 11.7 Å². The van der Waals surface area contributed by atoms with Gasteiger partial charge >= 0.3 is 0 Å². The molecule has 0 saturated heterocycles. The molecule has 0 aliphatic rings. The smallest absolute Gasteiger partial charge is 0.267 e. The Morgan fingerprint density at radius 1 is 1.26 bits per heavy atom. The summed E-state index contributed by atoms with van der Waals surface area (Å²) in [6.45, 7) is 1.66. The van der Waals surface area contributed by atoms with Crippen LogP contribution in [0.15, 0.2) is 36.4 Å². The van der Waals surface area contributed by atoms with Crippen LogP contribution in [0.3, 0.4) is 0 Å². The summed E-state index contributed by atoms with van der Waals surface area (Å²) in [4.78, 5) is 12.8. The van der Waals surface area contributed by atoms with Crippen LogP contribution in [-0.4, -0.2) is 13.0 Å². The lowest BCUT2D eigenvalue weighted by Crippen LogP contribution is -2.10. The van der Waals surface area contributed by atoms with Gasteiger partial charge in [0.25, 0.3) is 5.91 Å². The number of methoxy groups -OCH3 is 1. The third-order valence-electron chi connectivity index (χ3n) is 3.47. The van der Waals surface area contributed by atoms with E-state index in [4.69, 9.17) is 16.3 Å². The number of hydrogen-bond donors (Lipinski definition) is 1. The molecule has 1 aromatic heterocycles. The van der Waals surface area contributed by atoms with Gasteiger partial charge in [0.15, 0.2) is 0 Å². The van der Waals surface area contributed by atoms with Gasteiger partial charge in [-0.3, -0.25) is 4.79 Å². The Balaban J connectivity index is 1.94. The third kappa shape index (κ3) is 3.02. The molecule has 3 nitrogen and oxygen atoms in total. The van der Waals surface area contributed by atoms with Gasteiger partial charge in [-0.25, -0.2) is 4.39 Å². The number of amides is 1. The number of rotatable bonds is 3. The molecule has 0 bridgehead atoms. The molecule has 0 aliphatic carbocycles. The van der Waals surface area contributed by atoms with Gasteiger partial charge < -0.3 is 10.1 Å². The van der Waals surface area contributed by atoms with Gasteiger partial charge in [0.1, 0.15) is 16.4 Å². The Morgan fingerprint density at radius 3 is 2.74 bits per heavy atom. The summed E-state index contributed by atoms with van der Waals surface area (Å²) < 4.78 is 19.6. The fourth-order valence-electron chi connectivity index (χ4n) is 2.18. The Labute approximate surface area is 141 Å². The second-order valence-electron chi connectivity index (χ2n) is 5.03. The molecule has 0 fully saturated rings. The molecule has 2 aromatic carbocycles. The number of benzene rings is 2. The maximum Gasteiger partial charge on any atom is 0.267 e. The zero-order chi connectivity index (χ0) is 16.6. The molecule has 118 valence electrons. The van der Waals surface area contributed by atoms with Crippen molar-refractivity contribution in [3.05, 3.63) is 57.7 Å². The van der Waals surface area contributed by atoms with Gasteiger partial charge in [0, 0.05) is 15.8 Å². The van der Waals surface area contributed by atoms with Crippen molar-refractivity contribution in [2.75, 3.05) is 12.4 Å². The summed E-state index contributed by atoms with van der Waals surface area (Å²) in [5.74, 6) is -0.0311. The molecular formula is C17H13ClFNO2S. The Morgan fingerprint density at radius 2 is 2.04 bits per heavy atom. The largest absolute Gasteiger partial charge is 0.497 e. The number of carbonyl (C=O) groups excluding carboxylic acids is 1. The minimum Gasteiger partial charge on any atom is -0.497 e. The maximum atomic E-state index is 13.6. The van der Waals surface area contributed by atoms with Gasteiger partial charge in [0.05, 0.1) is 12.1 Å². The second-order valence-corrected chi connectivity index (χ2v) is 6.46. The molecule has 0 atom stereocenters. The average Bonchev–Trinajstić information content (AvgIpc) is 2.87. The molecule has 0 spiro atoms.